The number of hydrogen-bond donors (Lipinski definition) is 1. The Morgan fingerprint density at radius 3 is 2.50 bits per heavy atom. The Hall–Kier alpha value is -3.34. The summed E-state index contributed by atoms with van der Waals surface area (Å²) in [6, 6.07) is 22.3. The van der Waals surface area contributed by atoms with Crippen molar-refractivity contribution in [2.75, 3.05) is 0 Å². The SMILES string of the molecule is O=C(Cn1ccccc1=O)NCc1cccc(OCc2ccccc2)c1. The molecule has 0 aliphatic heterocycles. The number of rotatable bonds is 7. The molecule has 1 amide bonds. The first-order chi connectivity index (χ1) is 12.7. The molecule has 1 aromatic heterocycles. The Morgan fingerprint density at radius 1 is 0.923 bits per heavy atom. The van der Waals surface area contributed by atoms with E-state index in [1.165, 1.54) is 10.6 Å². The summed E-state index contributed by atoms with van der Waals surface area (Å²) in [6.45, 7) is 0.875. The van der Waals surface area contributed by atoms with Crippen LogP contribution in [0.5, 0.6) is 5.75 Å². The molecule has 0 atom stereocenters. The summed E-state index contributed by atoms with van der Waals surface area (Å²) >= 11 is 0. The normalized spacial score (nSPS) is 10.3. The number of nitrogens with zero attached hydrogens (tertiary/aromatic N) is 1. The maximum atomic E-state index is 12.0. The van der Waals surface area contributed by atoms with E-state index in [2.05, 4.69) is 5.32 Å². The standard InChI is InChI=1S/C21H20N2O3/c24-20(15-23-12-5-4-11-21(23)25)22-14-18-9-6-10-19(13-18)26-16-17-7-2-1-3-8-17/h1-13H,14-16H2,(H,22,24). The molecule has 132 valence electrons. The molecule has 0 fully saturated rings. The largest absolute Gasteiger partial charge is 0.489 e. The van der Waals surface area contributed by atoms with E-state index in [4.69, 9.17) is 4.74 Å². The van der Waals surface area contributed by atoms with Gasteiger partial charge in [-0.1, -0.05) is 48.5 Å². The summed E-state index contributed by atoms with van der Waals surface area (Å²) in [5.41, 5.74) is 1.84. The van der Waals surface area contributed by atoms with Crippen LogP contribution in [-0.4, -0.2) is 10.5 Å². The van der Waals surface area contributed by atoms with E-state index in [0.717, 1.165) is 16.9 Å². The summed E-state index contributed by atoms with van der Waals surface area (Å²) in [6.07, 6.45) is 1.60. The number of carbonyl (C=O) groups is 1. The van der Waals surface area contributed by atoms with Gasteiger partial charge in [-0.05, 0) is 29.3 Å². The fourth-order valence-electron chi connectivity index (χ4n) is 2.49. The topological polar surface area (TPSA) is 60.3 Å². The fraction of sp³-hybridized carbons (Fsp3) is 0.143. The van der Waals surface area contributed by atoms with Gasteiger partial charge in [0.2, 0.25) is 5.91 Å². The third-order valence-corrected chi connectivity index (χ3v) is 3.85. The molecule has 5 heteroatoms. The fourth-order valence-corrected chi connectivity index (χ4v) is 2.49. The Kier molecular flexibility index (Phi) is 5.83. The van der Waals surface area contributed by atoms with Gasteiger partial charge < -0.3 is 14.6 Å². The van der Waals surface area contributed by atoms with E-state index in [1.54, 1.807) is 18.3 Å². The van der Waals surface area contributed by atoms with Crippen molar-refractivity contribution in [2.45, 2.75) is 19.7 Å². The second-order valence-electron chi connectivity index (χ2n) is 5.87. The Bertz CT molecular complexity index is 920. The third-order valence-electron chi connectivity index (χ3n) is 3.85. The van der Waals surface area contributed by atoms with E-state index in [1.807, 2.05) is 54.6 Å². The van der Waals surface area contributed by atoms with Gasteiger partial charge in [0.25, 0.3) is 5.56 Å². The van der Waals surface area contributed by atoms with Crippen molar-refractivity contribution in [2.24, 2.45) is 0 Å². The van der Waals surface area contributed by atoms with Crippen molar-refractivity contribution in [1.29, 1.82) is 0 Å². The highest BCUT2D eigenvalue weighted by molar-refractivity contribution is 5.75. The first-order valence-electron chi connectivity index (χ1n) is 8.38. The molecule has 0 bridgehead atoms. The van der Waals surface area contributed by atoms with E-state index in [-0.39, 0.29) is 18.0 Å². The predicted octanol–water partition coefficient (Wildman–Crippen LogP) is 2.74. The number of pyridine rings is 1. The molecule has 26 heavy (non-hydrogen) atoms. The number of carbonyl (C=O) groups excluding carboxylic acids is 1. The molecule has 0 aliphatic rings. The average molecular weight is 348 g/mol. The van der Waals surface area contributed by atoms with Gasteiger partial charge in [-0.2, -0.15) is 0 Å². The molecule has 1 N–H and O–H groups in total. The molecule has 0 radical (unpaired) electrons. The van der Waals surface area contributed by atoms with Gasteiger partial charge in [-0.3, -0.25) is 9.59 Å². The van der Waals surface area contributed by atoms with Crippen molar-refractivity contribution in [3.05, 3.63) is 100 Å². The quantitative estimate of drug-likeness (QED) is 0.714. The molecule has 2 aromatic carbocycles. The molecular weight excluding hydrogens is 328 g/mol. The van der Waals surface area contributed by atoms with Crippen LogP contribution in [0.15, 0.2) is 83.8 Å². The number of nitrogens with one attached hydrogen (secondary N) is 1. The third kappa shape index (κ3) is 5.08. The van der Waals surface area contributed by atoms with Crippen molar-refractivity contribution in [3.8, 4) is 5.75 Å². The van der Waals surface area contributed by atoms with Crippen molar-refractivity contribution in [3.63, 3.8) is 0 Å². The van der Waals surface area contributed by atoms with E-state index >= 15 is 0 Å². The van der Waals surface area contributed by atoms with Crippen LogP contribution in [0.3, 0.4) is 0 Å². The zero-order valence-corrected chi connectivity index (χ0v) is 14.3. The van der Waals surface area contributed by atoms with Crippen LogP contribution >= 0.6 is 0 Å². The van der Waals surface area contributed by atoms with Crippen LogP contribution in [0, 0.1) is 0 Å². The summed E-state index contributed by atoms with van der Waals surface area (Å²) < 4.78 is 7.16. The molecule has 0 spiro atoms. The molecular formula is C21H20N2O3. The lowest BCUT2D eigenvalue weighted by Crippen LogP contribution is -2.31. The van der Waals surface area contributed by atoms with Crippen LogP contribution < -0.4 is 15.6 Å². The Balaban J connectivity index is 1.53. The predicted molar refractivity (Wildman–Crippen MR) is 99.8 cm³/mol. The van der Waals surface area contributed by atoms with Gasteiger partial charge in [-0.15, -0.1) is 0 Å². The second-order valence-corrected chi connectivity index (χ2v) is 5.87. The second kappa shape index (κ2) is 8.67. The monoisotopic (exact) mass is 348 g/mol. The Morgan fingerprint density at radius 2 is 1.69 bits per heavy atom. The van der Waals surface area contributed by atoms with Gasteiger partial charge in [0.1, 0.15) is 18.9 Å². The lowest BCUT2D eigenvalue weighted by Gasteiger charge is -2.10. The van der Waals surface area contributed by atoms with Crippen LogP contribution in [-0.2, 0) is 24.5 Å². The maximum absolute atomic E-state index is 12.0. The number of amides is 1. The van der Waals surface area contributed by atoms with Crippen LogP contribution in [0.4, 0.5) is 0 Å². The molecule has 3 aromatic rings. The first kappa shape index (κ1) is 17.5. The lowest BCUT2D eigenvalue weighted by atomic mass is 10.2. The minimum absolute atomic E-state index is 0.00384. The number of benzene rings is 2. The summed E-state index contributed by atoms with van der Waals surface area (Å²) in [7, 11) is 0. The lowest BCUT2D eigenvalue weighted by molar-refractivity contribution is -0.121. The molecule has 0 aliphatic carbocycles. The number of aromatic nitrogens is 1. The number of hydrogen-bond acceptors (Lipinski definition) is 3. The van der Waals surface area contributed by atoms with E-state index in [0.29, 0.717) is 13.2 Å². The highest BCUT2D eigenvalue weighted by atomic mass is 16.5. The zero-order chi connectivity index (χ0) is 18.2. The average Bonchev–Trinajstić information content (AvgIpc) is 2.68. The van der Waals surface area contributed by atoms with Gasteiger partial charge >= 0.3 is 0 Å². The van der Waals surface area contributed by atoms with Crippen molar-refractivity contribution in [1.82, 2.24) is 9.88 Å². The summed E-state index contributed by atoms with van der Waals surface area (Å²) in [5, 5.41) is 2.82. The van der Waals surface area contributed by atoms with Crippen LogP contribution in [0.1, 0.15) is 11.1 Å². The van der Waals surface area contributed by atoms with E-state index < -0.39 is 0 Å². The highest BCUT2D eigenvalue weighted by Crippen LogP contribution is 2.15. The summed E-state index contributed by atoms with van der Waals surface area (Å²) in [4.78, 5) is 23.7. The van der Waals surface area contributed by atoms with Crippen molar-refractivity contribution < 1.29 is 9.53 Å². The minimum atomic E-state index is -0.214. The highest BCUT2D eigenvalue weighted by Gasteiger charge is 2.04. The van der Waals surface area contributed by atoms with Crippen LogP contribution in [0.25, 0.3) is 0 Å². The molecule has 1 heterocycles. The van der Waals surface area contributed by atoms with Crippen LogP contribution in [0.2, 0.25) is 0 Å². The Labute approximate surface area is 151 Å². The van der Waals surface area contributed by atoms with Gasteiger partial charge in [0, 0.05) is 18.8 Å². The zero-order valence-electron chi connectivity index (χ0n) is 14.3. The van der Waals surface area contributed by atoms with Gasteiger partial charge in [0.05, 0.1) is 0 Å². The molecule has 5 nitrogen and oxygen atoms in total. The maximum Gasteiger partial charge on any atom is 0.250 e. The first-order valence-corrected chi connectivity index (χ1v) is 8.38. The summed E-state index contributed by atoms with van der Waals surface area (Å²) in [5.74, 6) is 0.536. The van der Waals surface area contributed by atoms with Gasteiger partial charge in [0.15, 0.2) is 0 Å². The minimum Gasteiger partial charge on any atom is -0.489 e. The molecule has 3 rings (SSSR count). The van der Waals surface area contributed by atoms with Crippen molar-refractivity contribution >= 4 is 5.91 Å². The molecule has 0 saturated heterocycles. The smallest absolute Gasteiger partial charge is 0.250 e. The van der Waals surface area contributed by atoms with E-state index in [9.17, 15) is 9.59 Å². The molecule has 0 saturated carbocycles. The molecule has 0 unspecified atom stereocenters. The van der Waals surface area contributed by atoms with Gasteiger partial charge in [-0.25, -0.2) is 0 Å². The number of ether oxygens (including phenoxy) is 1.